The predicted molar refractivity (Wildman–Crippen MR) is 58.4 cm³/mol. The van der Waals surface area contributed by atoms with Crippen molar-refractivity contribution in [3.8, 4) is 0 Å². The molecule has 3 nitrogen and oxygen atoms in total. The Morgan fingerprint density at radius 3 is 2.93 bits per heavy atom. The van der Waals surface area contributed by atoms with Crippen molar-refractivity contribution in [2.75, 3.05) is 13.1 Å². The molecule has 80 valence electrons. The minimum atomic E-state index is 0.730. The molecule has 1 fully saturated rings. The summed E-state index contributed by atoms with van der Waals surface area (Å²) in [6.45, 7) is 6.33. The lowest BCUT2D eigenvalue weighted by Crippen LogP contribution is -2.09. The van der Waals surface area contributed by atoms with Gasteiger partial charge in [0, 0.05) is 12.1 Å². The lowest BCUT2D eigenvalue weighted by molar-refractivity contribution is 0.393. The van der Waals surface area contributed by atoms with Crippen LogP contribution in [0.2, 0.25) is 0 Å². The third-order valence-electron chi connectivity index (χ3n) is 3.64. The molecule has 2 heterocycles. The van der Waals surface area contributed by atoms with Crippen molar-refractivity contribution in [3.05, 3.63) is 23.1 Å². The molecule has 1 aliphatic heterocycles. The van der Waals surface area contributed by atoms with E-state index in [1.54, 1.807) is 0 Å². The number of hydrogen-bond acceptors (Lipinski definition) is 3. The van der Waals surface area contributed by atoms with Gasteiger partial charge in [-0.1, -0.05) is 11.2 Å². The quantitative estimate of drug-likeness (QED) is 0.759. The summed E-state index contributed by atoms with van der Waals surface area (Å²) in [7, 11) is 0. The Labute approximate surface area is 89.5 Å². The SMILES string of the molecule is Cc1noc(C)c1C1=CC2CNCC2C1. The molecule has 1 aliphatic carbocycles. The van der Waals surface area contributed by atoms with Gasteiger partial charge in [-0.25, -0.2) is 0 Å². The summed E-state index contributed by atoms with van der Waals surface area (Å²) in [4.78, 5) is 0. The van der Waals surface area contributed by atoms with Crippen LogP contribution >= 0.6 is 0 Å². The molecule has 2 atom stereocenters. The molecule has 3 heteroatoms. The van der Waals surface area contributed by atoms with E-state index < -0.39 is 0 Å². The normalized spacial score (nSPS) is 29.3. The summed E-state index contributed by atoms with van der Waals surface area (Å²) in [5.41, 5.74) is 3.74. The number of allylic oxidation sites excluding steroid dienone is 1. The van der Waals surface area contributed by atoms with E-state index >= 15 is 0 Å². The van der Waals surface area contributed by atoms with Crippen LogP contribution in [0, 0.1) is 25.7 Å². The van der Waals surface area contributed by atoms with Crippen molar-refractivity contribution in [2.24, 2.45) is 11.8 Å². The van der Waals surface area contributed by atoms with Crippen molar-refractivity contribution < 1.29 is 4.52 Å². The van der Waals surface area contributed by atoms with E-state index in [9.17, 15) is 0 Å². The van der Waals surface area contributed by atoms with Gasteiger partial charge in [-0.05, 0) is 44.2 Å². The molecule has 15 heavy (non-hydrogen) atoms. The van der Waals surface area contributed by atoms with Crippen molar-refractivity contribution in [3.63, 3.8) is 0 Å². The van der Waals surface area contributed by atoms with Crippen LogP contribution in [-0.2, 0) is 0 Å². The van der Waals surface area contributed by atoms with Gasteiger partial charge < -0.3 is 9.84 Å². The van der Waals surface area contributed by atoms with Gasteiger partial charge in [0.25, 0.3) is 0 Å². The van der Waals surface area contributed by atoms with Crippen LogP contribution in [0.4, 0.5) is 0 Å². The Morgan fingerprint density at radius 2 is 2.27 bits per heavy atom. The molecule has 0 aromatic carbocycles. The molecule has 0 radical (unpaired) electrons. The summed E-state index contributed by atoms with van der Waals surface area (Å²) >= 11 is 0. The number of aromatic nitrogens is 1. The molecule has 0 bridgehead atoms. The molecule has 0 amide bonds. The molecule has 1 N–H and O–H groups in total. The van der Waals surface area contributed by atoms with Gasteiger partial charge in [0.2, 0.25) is 0 Å². The highest BCUT2D eigenvalue weighted by atomic mass is 16.5. The molecular weight excluding hydrogens is 188 g/mol. The maximum Gasteiger partial charge on any atom is 0.141 e. The molecule has 0 saturated carbocycles. The van der Waals surface area contributed by atoms with Crippen molar-refractivity contribution >= 4 is 5.57 Å². The number of nitrogens with one attached hydrogen (secondary N) is 1. The van der Waals surface area contributed by atoms with Gasteiger partial charge >= 0.3 is 0 Å². The lowest BCUT2D eigenvalue weighted by Gasteiger charge is -2.05. The van der Waals surface area contributed by atoms with Gasteiger partial charge in [0.1, 0.15) is 5.76 Å². The van der Waals surface area contributed by atoms with E-state index in [2.05, 4.69) is 16.5 Å². The summed E-state index contributed by atoms with van der Waals surface area (Å²) in [5.74, 6) is 2.49. The fourth-order valence-electron chi connectivity index (χ4n) is 2.91. The second kappa shape index (κ2) is 3.20. The molecular formula is C12H16N2O. The average molecular weight is 204 g/mol. The second-order valence-corrected chi connectivity index (χ2v) is 4.68. The zero-order valence-electron chi connectivity index (χ0n) is 9.21. The van der Waals surface area contributed by atoms with Crippen molar-refractivity contribution in [1.82, 2.24) is 10.5 Å². The highest BCUT2D eigenvalue weighted by Gasteiger charge is 2.33. The molecule has 0 spiro atoms. The topological polar surface area (TPSA) is 38.1 Å². The fourth-order valence-corrected chi connectivity index (χ4v) is 2.91. The summed E-state index contributed by atoms with van der Waals surface area (Å²) < 4.78 is 5.22. The third-order valence-corrected chi connectivity index (χ3v) is 3.64. The molecule has 1 aromatic rings. The molecule has 1 aromatic heterocycles. The highest BCUT2D eigenvalue weighted by Crippen LogP contribution is 2.40. The third kappa shape index (κ3) is 1.34. The van der Waals surface area contributed by atoms with Crippen LogP contribution in [0.3, 0.4) is 0 Å². The van der Waals surface area contributed by atoms with Gasteiger partial charge in [-0.15, -0.1) is 0 Å². The minimum Gasteiger partial charge on any atom is -0.361 e. The van der Waals surface area contributed by atoms with E-state index in [1.807, 2.05) is 13.8 Å². The van der Waals surface area contributed by atoms with Crippen LogP contribution in [-0.4, -0.2) is 18.2 Å². The maximum absolute atomic E-state index is 5.22. The monoisotopic (exact) mass is 204 g/mol. The number of fused-ring (bicyclic) bond motifs is 1. The van der Waals surface area contributed by atoms with E-state index in [-0.39, 0.29) is 0 Å². The Hall–Kier alpha value is -1.09. The van der Waals surface area contributed by atoms with Gasteiger partial charge in [0.15, 0.2) is 0 Å². The van der Waals surface area contributed by atoms with E-state index in [4.69, 9.17) is 4.52 Å². The van der Waals surface area contributed by atoms with Crippen molar-refractivity contribution in [2.45, 2.75) is 20.3 Å². The Morgan fingerprint density at radius 1 is 1.40 bits per heavy atom. The summed E-state index contributed by atoms with van der Waals surface area (Å²) in [5, 5.41) is 7.46. The Balaban J connectivity index is 1.96. The van der Waals surface area contributed by atoms with Crippen LogP contribution < -0.4 is 5.32 Å². The largest absolute Gasteiger partial charge is 0.361 e. The minimum absolute atomic E-state index is 0.730. The van der Waals surface area contributed by atoms with Gasteiger partial charge in [0.05, 0.1) is 5.69 Å². The Kier molecular flexibility index (Phi) is 1.96. The number of hydrogen-bond donors (Lipinski definition) is 1. The average Bonchev–Trinajstić information content (AvgIpc) is 2.80. The summed E-state index contributed by atoms with van der Waals surface area (Å²) in [6.07, 6.45) is 3.60. The van der Waals surface area contributed by atoms with E-state index in [1.165, 1.54) is 17.6 Å². The molecule has 1 saturated heterocycles. The van der Waals surface area contributed by atoms with Crippen LogP contribution in [0.25, 0.3) is 5.57 Å². The molecule has 2 aliphatic rings. The first-order valence-corrected chi connectivity index (χ1v) is 5.60. The first-order valence-electron chi connectivity index (χ1n) is 5.60. The van der Waals surface area contributed by atoms with Gasteiger partial charge in [-0.3, -0.25) is 0 Å². The Bertz CT molecular complexity index is 400. The first kappa shape index (κ1) is 9.16. The first-order chi connectivity index (χ1) is 7.25. The smallest absolute Gasteiger partial charge is 0.141 e. The zero-order chi connectivity index (χ0) is 10.4. The summed E-state index contributed by atoms with van der Waals surface area (Å²) in [6, 6.07) is 0. The van der Waals surface area contributed by atoms with Crippen molar-refractivity contribution in [1.29, 1.82) is 0 Å². The zero-order valence-corrected chi connectivity index (χ0v) is 9.21. The predicted octanol–water partition coefficient (Wildman–Crippen LogP) is 1.91. The van der Waals surface area contributed by atoms with Crippen LogP contribution in [0.5, 0.6) is 0 Å². The number of nitrogens with zero attached hydrogens (tertiary/aromatic N) is 1. The van der Waals surface area contributed by atoms with Gasteiger partial charge in [-0.2, -0.15) is 0 Å². The lowest BCUT2D eigenvalue weighted by atomic mass is 9.98. The van der Waals surface area contributed by atoms with Crippen LogP contribution in [0.15, 0.2) is 10.6 Å². The van der Waals surface area contributed by atoms with Crippen LogP contribution in [0.1, 0.15) is 23.4 Å². The van der Waals surface area contributed by atoms with E-state index in [0.717, 1.165) is 36.4 Å². The maximum atomic E-state index is 5.22. The highest BCUT2D eigenvalue weighted by molar-refractivity contribution is 5.71. The molecule has 2 unspecified atom stereocenters. The van der Waals surface area contributed by atoms with E-state index in [0.29, 0.717) is 0 Å². The fraction of sp³-hybridized carbons (Fsp3) is 0.583. The number of rotatable bonds is 1. The number of aryl methyl sites for hydroxylation is 2. The second-order valence-electron chi connectivity index (χ2n) is 4.68. The molecule has 3 rings (SSSR count). The standard InChI is InChI=1S/C12H16N2O/c1-7-12(8(2)15-14-7)9-3-10-5-13-6-11(10)4-9/h3,10-11,13H,4-6H2,1-2H3.